The van der Waals surface area contributed by atoms with Crippen LogP contribution in [-0.4, -0.2) is 23.5 Å². The maximum atomic E-state index is 9.05. The molecule has 2 heteroatoms. The van der Waals surface area contributed by atoms with Crippen LogP contribution in [0.25, 0.3) is 0 Å². The van der Waals surface area contributed by atoms with E-state index in [9.17, 15) is 0 Å². The molecule has 0 aromatic carbocycles. The molecule has 12 heavy (non-hydrogen) atoms. The van der Waals surface area contributed by atoms with Crippen molar-refractivity contribution in [1.29, 1.82) is 5.26 Å². The van der Waals surface area contributed by atoms with Crippen LogP contribution in [0.5, 0.6) is 0 Å². The molecule has 0 amide bonds. The van der Waals surface area contributed by atoms with Crippen molar-refractivity contribution in [3.05, 3.63) is 0 Å². The number of piperidine rings is 1. The minimum absolute atomic E-state index is 0.208. The molecule has 0 aliphatic carbocycles. The van der Waals surface area contributed by atoms with Gasteiger partial charge in [0, 0.05) is 0 Å². The Kier molecular flexibility index (Phi) is 3.11. The van der Waals surface area contributed by atoms with Crippen LogP contribution in [0.3, 0.4) is 0 Å². The Bertz CT molecular complexity index is 177. The summed E-state index contributed by atoms with van der Waals surface area (Å²) in [4.78, 5) is 2.33. The SMILES string of the molecule is CCC(C)(C#N)N1CCCCC1. The summed E-state index contributed by atoms with van der Waals surface area (Å²) in [6.45, 7) is 6.37. The lowest BCUT2D eigenvalue weighted by Crippen LogP contribution is -2.47. The topological polar surface area (TPSA) is 27.0 Å². The van der Waals surface area contributed by atoms with E-state index < -0.39 is 0 Å². The largest absolute Gasteiger partial charge is 0.286 e. The Hall–Kier alpha value is -0.550. The maximum absolute atomic E-state index is 9.05. The van der Waals surface area contributed by atoms with Crippen molar-refractivity contribution in [3.63, 3.8) is 0 Å². The molecule has 0 N–H and O–H groups in total. The second-order valence-corrected chi connectivity index (χ2v) is 3.79. The zero-order valence-corrected chi connectivity index (χ0v) is 8.14. The summed E-state index contributed by atoms with van der Waals surface area (Å²) in [7, 11) is 0. The first-order valence-electron chi connectivity index (χ1n) is 4.89. The Balaban J connectivity index is 2.59. The Labute approximate surface area is 75.2 Å². The lowest BCUT2D eigenvalue weighted by atomic mass is 9.95. The normalized spacial score (nSPS) is 24.4. The summed E-state index contributed by atoms with van der Waals surface area (Å²) in [5, 5.41) is 9.05. The quantitative estimate of drug-likeness (QED) is 0.628. The lowest BCUT2D eigenvalue weighted by Gasteiger charge is -2.37. The van der Waals surface area contributed by atoms with Crippen LogP contribution in [0, 0.1) is 11.3 Å². The molecule has 1 saturated heterocycles. The van der Waals surface area contributed by atoms with Crippen molar-refractivity contribution in [3.8, 4) is 6.07 Å². The van der Waals surface area contributed by atoms with Gasteiger partial charge in [-0.25, -0.2) is 0 Å². The van der Waals surface area contributed by atoms with E-state index in [0.717, 1.165) is 19.5 Å². The fraction of sp³-hybridized carbons (Fsp3) is 0.900. The molecule has 1 unspecified atom stereocenters. The third kappa shape index (κ3) is 1.78. The number of rotatable bonds is 2. The minimum atomic E-state index is -0.208. The average molecular weight is 166 g/mol. The minimum Gasteiger partial charge on any atom is -0.286 e. The van der Waals surface area contributed by atoms with Crippen LogP contribution in [0.2, 0.25) is 0 Å². The average Bonchev–Trinajstić information content (AvgIpc) is 2.18. The first-order chi connectivity index (χ1) is 5.73. The second kappa shape index (κ2) is 3.91. The predicted molar refractivity (Wildman–Crippen MR) is 49.7 cm³/mol. The highest BCUT2D eigenvalue weighted by molar-refractivity contribution is 5.04. The van der Waals surface area contributed by atoms with E-state index in [1.807, 2.05) is 0 Å². The van der Waals surface area contributed by atoms with E-state index in [2.05, 4.69) is 24.8 Å². The van der Waals surface area contributed by atoms with Gasteiger partial charge in [-0.3, -0.25) is 4.90 Å². The molecule has 0 spiro atoms. The molecule has 1 heterocycles. The van der Waals surface area contributed by atoms with Crippen molar-refractivity contribution >= 4 is 0 Å². The van der Waals surface area contributed by atoms with Gasteiger partial charge in [-0.05, 0) is 39.3 Å². The van der Waals surface area contributed by atoms with Gasteiger partial charge < -0.3 is 0 Å². The lowest BCUT2D eigenvalue weighted by molar-refractivity contribution is 0.120. The third-order valence-corrected chi connectivity index (χ3v) is 2.98. The molecule has 0 saturated carbocycles. The van der Waals surface area contributed by atoms with Crippen molar-refractivity contribution in [2.24, 2.45) is 0 Å². The fourth-order valence-electron chi connectivity index (χ4n) is 1.76. The molecule has 0 radical (unpaired) electrons. The molecule has 2 nitrogen and oxygen atoms in total. The van der Waals surface area contributed by atoms with E-state index in [1.165, 1.54) is 19.3 Å². The Morgan fingerprint density at radius 2 is 1.92 bits per heavy atom. The summed E-state index contributed by atoms with van der Waals surface area (Å²) in [5.74, 6) is 0. The summed E-state index contributed by atoms with van der Waals surface area (Å²) in [5.41, 5.74) is -0.208. The van der Waals surface area contributed by atoms with Gasteiger partial charge in [0.25, 0.3) is 0 Å². The second-order valence-electron chi connectivity index (χ2n) is 3.79. The van der Waals surface area contributed by atoms with Gasteiger partial charge in [0.05, 0.1) is 6.07 Å². The fourth-order valence-corrected chi connectivity index (χ4v) is 1.76. The zero-order valence-electron chi connectivity index (χ0n) is 8.14. The van der Waals surface area contributed by atoms with E-state index >= 15 is 0 Å². The predicted octanol–water partition coefficient (Wildman–Crippen LogP) is 2.16. The van der Waals surface area contributed by atoms with Gasteiger partial charge in [-0.1, -0.05) is 13.3 Å². The zero-order chi connectivity index (χ0) is 9.03. The Morgan fingerprint density at radius 1 is 1.33 bits per heavy atom. The first-order valence-corrected chi connectivity index (χ1v) is 4.89. The van der Waals surface area contributed by atoms with Crippen molar-refractivity contribution in [1.82, 2.24) is 4.90 Å². The van der Waals surface area contributed by atoms with Crippen molar-refractivity contribution in [2.75, 3.05) is 13.1 Å². The van der Waals surface area contributed by atoms with Crippen LogP contribution in [0.1, 0.15) is 39.5 Å². The molecule has 1 atom stereocenters. The molecular formula is C10H18N2. The van der Waals surface area contributed by atoms with Crippen molar-refractivity contribution in [2.45, 2.75) is 45.1 Å². The van der Waals surface area contributed by atoms with Crippen molar-refractivity contribution < 1.29 is 0 Å². The number of hydrogen-bond donors (Lipinski definition) is 0. The highest BCUT2D eigenvalue weighted by atomic mass is 15.2. The number of nitrogens with zero attached hydrogens (tertiary/aromatic N) is 2. The maximum Gasteiger partial charge on any atom is 0.106 e. The standard InChI is InChI=1S/C10H18N2/c1-3-10(2,9-11)12-7-5-4-6-8-12/h3-8H2,1-2H3. The summed E-state index contributed by atoms with van der Waals surface area (Å²) >= 11 is 0. The van der Waals surface area contributed by atoms with Crippen LogP contribution in [0.4, 0.5) is 0 Å². The highest BCUT2D eigenvalue weighted by Gasteiger charge is 2.30. The smallest absolute Gasteiger partial charge is 0.106 e. The van der Waals surface area contributed by atoms with Crippen LogP contribution in [-0.2, 0) is 0 Å². The van der Waals surface area contributed by atoms with E-state index in [4.69, 9.17) is 5.26 Å². The van der Waals surface area contributed by atoms with Gasteiger partial charge in [-0.2, -0.15) is 5.26 Å². The summed E-state index contributed by atoms with van der Waals surface area (Å²) in [6.07, 6.45) is 4.79. The number of hydrogen-bond acceptors (Lipinski definition) is 2. The monoisotopic (exact) mass is 166 g/mol. The molecular weight excluding hydrogens is 148 g/mol. The molecule has 1 aliphatic rings. The van der Waals surface area contributed by atoms with Gasteiger partial charge in [0.15, 0.2) is 0 Å². The summed E-state index contributed by atoms with van der Waals surface area (Å²) < 4.78 is 0. The third-order valence-electron chi connectivity index (χ3n) is 2.98. The van der Waals surface area contributed by atoms with Crippen LogP contribution < -0.4 is 0 Å². The van der Waals surface area contributed by atoms with Crippen LogP contribution in [0.15, 0.2) is 0 Å². The molecule has 68 valence electrons. The van der Waals surface area contributed by atoms with E-state index in [-0.39, 0.29) is 5.54 Å². The van der Waals surface area contributed by atoms with Crippen LogP contribution >= 0.6 is 0 Å². The van der Waals surface area contributed by atoms with E-state index in [1.54, 1.807) is 0 Å². The molecule has 1 aliphatic heterocycles. The number of nitriles is 1. The summed E-state index contributed by atoms with van der Waals surface area (Å²) in [6, 6.07) is 2.42. The molecule has 0 aromatic heterocycles. The van der Waals surface area contributed by atoms with E-state index in [0.29, 0.717) is 0 Å². The number of likely N-dealkylation sites (tertiary alicyclic amines) is 1. The van der Waals surface area contributed by atoms with Gasteiger partial charge >= 0.3 is 0 Å². The molecule has 0 bridgehead atoms. The van der Waals surface area contributed by atoms with Gasteiger partial charge in [0.2, 0.25) is 0 Å². The first kappa shape index (κ1) is 9.54. The molecule has 1 rings (SSSR count). The highest BCUT2D eigenvalue weighted by Crippen LogP contribution is 2.22. The Morgan fingerprint density at radius 3 is 2.33 bits per heavy atom. The molecule has 0 aromatic rings. The molecule has 1 fully saturated rings. The van der Waals surface area contributed by atoms with Gasteiger partial charge in [0.1, 0.15) is 5.54 Å². The van der Waals surface area contributed by atoms with Gasteiger partial charge in [-0.15, -0.1) is 0 Å².